The number of furan rings is 1. The van der Waals surface area contributed by atoms with E-state index in [1.165, 1.54) is 5.56 Å². The number of rotatable bonds is 5. The van der Waals surface area contributed by atoms with Crippen molar-refractivity contribution in [2.24, 2.45) is 0 Å². The van der Waals surface area contributed by atoms with Crippen LogP contribution in [0.15, 0.2) is 45.5 Å². The van der Waals surface area contributed by atoms with Gasteiger partial charge in [-0.2, -0.15) is 0 Å². The number of halogens is 1. The van der Waals surface area contributed by atoms with Crippen molar-refractivity contribution in [1.82, 2.24) is 5.32 Å². The number of aliphatic hydroxyl groups is 1. The Morgan fingerprint density at radius 3 is 2.39 bits per heavy atom. The summed E-state index contributed by atoms with van der Waals surface area (Å²) in [7, 11) is 0. The fourth-order valence-corrected chi connectivity index (χ4v) is 2.01. The third-order valence-corrected chi connectivity index (χ3v) is 3.26. The van der Waals surface area contributed by atoms with E-state index in [0.717, 1.165) is 22.5 Å². The molecule has 1 aromatic heterocycles. The molecule has 0 radical (unpaired) electrons. The van der Waals surface area contributed by atoms with Gasteiger partial charge >= 0.3 is 0 Å². The number of hydrogen-bond donors (Lipinski definition) is 2. The molecule has 0 aliphatic heterocycles. The van der Waals surface area contributed by atoms with Gasteiger partial charge in [-0.25, -0.2) is 0 Å². The quantitative estimate of drug-likeness (QED) is 0.890. The Kier molecular flexibility index (Phi) is 4.58. The average Bonchev–Trinajstić information content (AvgIpc) is 2.83. The molecule has 2 rings (SSSR count). The summed E-state index contributed by atoms with van der Waals surface area (Å²) in [6.45, 7) is 2.92. The first-order valence-electron chi connectivity index (χ1n) is 5.86. The highest BCUT2D eigenvalue weighted by atomic mass is 79.9. The van der Waals surface area contributed by atoms with Crippen LogP contribution < -0.4 is 5.32 Å². The summed E-state index contributed by atoms with van der Waals surface area (Å²) in [5, 5.41) is 12.4. The topological polar surface area (TPSA) is 45.4 Å². The maximum absolute atomic E-state index is 8.97. The maximum Gasteiger partial charge on any atom is 0.169 e. The number of benzene rings is 1. The molecule has 2 aromatic rings. The monoisotopic (exact) mass is 309 g/mol. The standard InChI is InChI=1S/C14H16BrNO2/c1-10(13-6-7-14(15)18-13)16-8-11-2-4-12(9-17)5-3-11/h2-7,10,16-17H,8-9H2,1H3. The minimum atomic E-state index is 0.0878. The third-order valence-electron chi connectivity index (χ3n) is 2.84. The second kappa shape index (κ2) is 6.18. The molecule has 0 fully saturated rings. The predicted molar refractivity (Wildman–Crippen MR) is 74.0 cm³/mol. The van der Waals surface area contributed by atoms with Gasteiger partial charge in [0.15, 0.2) is 4.67 Å². The Hall–Kier alpha value is -1.10. The van der Waals surface area contributed by atoms with Gasteiger partial charge in [-0.05, 0) is 46.1 Å². The van der Waals surface area contributed by atoms with Crippen molar-refractivity contribution in [1.29, 1.82) is 0 Å². The zero-order chi connectivity index (χ0) is 13.0. The van der Waals surface area contributed by atoms with E-state index < -0.39 is 0 Å². The smallest absolute Gasteiger partial charge is 0.169 e. The van der Waals surface area contributed by atoms with Crippen LogP contribution in [0.25, 0.3) is 0 Å². The first-order chi connectivity index (χ1) is 8.69. The Bertz CT molecular complexity index is 493. The van der Waals surface area contributed by atoms with Gasteiger partial charge in [0.2, 0.25) is 0 Å². The van der Waals surface area contributed by atoms with E-state index >= 15 is 0 Å². The van der Waals surface area contributed by atoms with Gasteiger partial charge in [0.05, 0.1) is 12.6 Å². The number of nitrogens with one attached hydrogen (secondary N) is 1. The van der Waals surface area contributed by atoms with Crippen molar-refractivity contribution in [3.63, 3.8) is 0 Å². The fraction of sp³-hybridized carbons (Fsp3) is 0.286. The molecule has 1 heterocycles. The van der Waals surface area contributed by atoms with Gasteiger partial charge in [0.1, 0.15) is 5.76 Å². The van der Waals surface area contributed by atoms with Crippen LogP contribution in [0.5, 0.6) is 0 Å². The van der Waals surface area contributed by atoms with Crippen molar-refractivity contribution in [2.45, 2.75) is 26.1 Å². The van der Waals surface area contributed by atoms with Gasteiger partial charge in [0, 0.05) is 6.54 Å². The molecule has 1 aromatic carbocycles. The Morgan fingerprint density at radius 1 is 1.17 bits per heavy atom. The minimum Gasteiger partial charge on any atom is -0.453 e. The lowest BCUT2D eigenvalue weighted by molar-refractivity contribution is 0.282. The molecule has 0 aliphatic rings. The molecule has 2 N–H and O–H groups in total. The lowest BCUT2D eigenvalue weighted by Gasteiger charge is -2.11. The van der Waals surface area contributed by atoms with Crippen LogP contribution in [0.1, 0.15) is 29.9 Å². The minimum absolute atomic E-state index is 0.0878. The lowest BCUT2D eigenvalue weighted by atomic mass is 10.1. The lowest BCUT2D eigenvalue weighted by Crippen LogP contribution is -2.17. The highest BCUT2D eigenvalue weighted by Gasteiger charge is 2.08. The summed E-state index contributed by atoms with van der Waals surface area (Å²) < 4.78 is 6.24. The molecule has 4 heteroatoms. The van der Waals surface area contributed by atoms with Crippen LogP contribution in [0.4, 0.5) is 0 Å². The third kappa shape index (κ3) is 3.45. The predicted octanol–water partition coefficient (Wildman–Crippen LogP) is 3.39. The van der Waals surface area contributed by atoms with Crippen LogP contribution in [0.2, 0.25) is 0 Å². The summed E-state index contributed by atoms with van der Waals surface area (Å²) in [6.07, 6.45) is 0. The van der Waals surface area contributed by atoms with Crippen LogP contribution in [0.3, 0.4) is 0 Å². The average molecular weight is 310 g/mol. The van der Waals surface area contributed by atoms with Crippen molar-refractivity contribution in [3.8, 4) is 0 Å². The normalized spacial score (nSPS) is 12.6. The Morgan fingerprint density at radius 2 is 1.83 bits per heavy atom. The van der Waals surface area contributed by atoms with Crippen LogP contribution >= 0.6 is 15.9 Å². The van der Waals surface area contributed by atoms with Crippen molar-refractivity contribution in [2.75, 3.05) is 0 Å². The second-order valence-electron chi connectivity index (χ2n) is 4.22. The van der Waals surface area contributed by atoms with E-state index in [1.807, 2.05) is 36.4 Å². The van der Waals surface area contributed by atoms with Crippen LogP contribution in [0, 0.1) is 0 Å². The molecule has 0 aliphatic carbocycles. The molecule has 0 saturated heterocycles. The maximum atomic E-state index is 8.97. The molecule has 0 bridgehead atoms. The first kappa shape index (κ1) is 13.3. The second-order valence-corrected chi connectivity index (χ2v) is 5.00. The molecule has 18 heavy (non-hydrogen) atoms. The highest BCUT2D eigenvalue weighted by Crippen LogP contribution is 2.20. The summed E-state index contributed by atoms with van der Waals surface area (Å²) in [5.74, 6) is 0.911. The van der Waals surface area contributed by atoms with E-state index in [0.29, 0.717) is 0 Å². The molecule has 0 spiro atoms. The molecule has 0 amide bonds. The van der Waals surface area contributed by atoms with Gasteiger partial charge in [-0.3, -0.25) is 0 Å². The molecule has 3 nitrogen and oxygen atoms in total. The summed E-state index contributed by atoms with van der Waals surface area (Å²) in [5.41, 5.74) is 2.12. The number of hydrogen-bond acceptors (Lipinski definition) is 3. The zero-order valence-electron chi connectivity index (χ0n) is 10.2. The summed E-state index contributed by atoms with van der Waals surface area (Å²) >= 11 is 3.29. The summed E-state index contributed by atoms with van der Waals surface area (Å²) in [6, 6.07) is 11.9. The van der Waals surface area contributed by atoms with Crippen molar-refractivity contribution < 1.29 is 9.52 Å². The molecule has 96 valence electrons. The van der Waals surface area contributed by atoms with Crippen molar-refractivity contribution in [3.05, 3.63) is 58.0 Å². The van der Waals surface area contributed by atoms with Crippen LogP contribution in [-0.4, -0.2) is 5.11 Å². The molecular formula is C14H16BrNO2. The molecule has 0 saturated carbocycles. The largest absolute Gasteiger partial charge is 0.453 e. The number of aliphatic hydroxyl groups excluding tert-OH is 1. The first-order valence-corrected chi connectivity index (χ1v) is 6.65. The van der Waals surface area contributed by atoms with Gasteiger partial charge in [0.25, 0.3) is 0 Å². The fourth-order valence-electron chi connectivity index (χ4n) is 1.70. The van der Waals surface area contributed by atoms with E-state index in [1.54, 1.807) is 0 Å². The van der Waals surface area contributed by atoms with Crippen LogP contribution in [-0.2, 0) is 13.2 Å². The summed E-state index contributed by atoms with van der Waals surface area (Å²) in [4.78, 5) is 0. The van der Waals surface area contributed by atoms with E-state index in [9.17, 15) is 0 Å². The molecular weight excluding hydrogens is 294 g/mol. The van der Waals surface area contributed by atoms with E-state index in [2.05, 4.69) is 28.2 Å². The highest BCUT2D eigenvalue weighted by molar-refractivity contribution is 9.10. The van der Waals surface area contributed by atoms with Gasteiger partial charge < -0.3 is 14.8 Å². The van der Waals surface area contributed by atoms with E-state index in [4.69, 9.17) is 9.52 Å². The van der Waals surface area contributed by atoms with Gasteiger partial charge in [-0.1, -0.05) is 24.3 Å². The van der Waals surface area contributed by atoms with E-state index in [-0.39, 0.29) is 12.6 Å². The SMILES string of the molecule is CC(NCc1ccc(CO)cc1)c1ccc(Br)o1. The zero-order valence-corrected chi connectivity index (χ0v) is 11.8. The molecule has 1 unspecified atom stereocenters. The molecule has 1 atom stereocenters. The Balaban J connectivity index is 1.90. The van der Waals surface area contributed by atoms with Crippen molar-refractivity contribution >= 4 is 15.9 Å². The van der Waals surface area contributed by atoms with Gasteiger partial charge in [-0.15, -0.1) is 0 Å². The Labute approximate surface area is 115 Å².